The van der Waals surface area contributed by atoms with Crippen LogP contribution in [-0.4, -0.2) is 37.0 Å². The van der Waals surface area contributed by atoms with E-state index in [1.807, 2.05) is 18.2 Å². The minimum Gasteiger partial charge on any atom is -0.492 e. The van der Waals surface area contributed by atoms with E-state index in [-0.39, 0.29) is 12.3 Å². The summed E-state index contributed by atoms with van der Waals surface area (Å²) in [7, 11) is 0. The molecule has 0 bridgehead atoms. The van der Waals surface area contributed by atoms with Gasteiger partial charge in [0.1, 0.15) is 5.75 Å². The van der Waals surface area contributed by atoms with Gasteiger partial charge in [-0.25, -0.2) is 0 Å². The molecule has 1 aliphatic heterocycles. The minimum absolute atomic E-state index is 0.0306. The highest BCUT2D eigenvalue weighted by Crippen LogP contribution is 2.29. The Hall–Kier alpha value is -1.94. The molecule has 0 atom stereocenters. The maximum atomic E-state index is 12.5. The van der Waals surface area contributed by atoms with Crippen molar-refractivity contribution in [3.63, 3.8) is 0 Å². The molecule has 1 amide bonds. The number of unbranched alkanes of at least 4 members (excludes halogenated alkanes) is 11. The summed E-state index contributed by atoms with van der Waals surface area (Å²) in [5.74, 6) is 0.648. The Morgan fingerprint density at radius 2 is 1.61 bits per heavy atom. The van der Waals surface area contributed by atoms with Crippen molar-refractivity contribution >= 4 is 17.5 Å². The summed E-state index contributed by atoms with van der Waals surface area (Å²) < 4.78 is 5.95. The molecular weight excluding hydrogens is 468 g/mol. The van der Waals surface area contributed by atoms with Crippen molar-refractivity contribution in [3.05, 3.63) is 52.7 Å². The normalized spacial score (nSPS) is 13.1. The van der Waals surface area contributed by atoms with Crippen molar-refractivity contribution in [3.8, 4) is 5.75 Å². The lowest BCUT2D eigenvalue weighted by Gasteiger charge is -2.22. The lowest BCUT2D eigenvalue weighted by molar-refractivity contribution is -0.120. The second-order valence-corrected chi connectivity index (χ2v) is 10.4. The zero-order valence-corrected chi connectivity index (χ0v) is 23.6. The number of hydrogen-bond donors (Lipinski definition) is 1. The molecule has 36 heavy (non-hydrogen) atoms. The van der Waals surface area contributed by atoms with Crippen LogP contribution in [0.2, 0.25) is 5.02 Å². The molecule has 0 fully saturated rings. The van der Waals surface area contributed by atoms with Gasteiger partial charge in [0.2, 0.25) is 5.91 Å². The van der Waals surface area contributed by atoms with Gasteiger partial charge in [-0.15, -0.1) is 0 Å². The molecule has 1 aliphatic rings. The van der Waals surface area contributed by atoms with E-state index in [0.29, 0.717) is 23.9 Å². The molecule has 0 aromatic heterocycles. The van der Waals surface area contributed by atoms with Gasteiger partial charge >= 0.3 is 0 Å². The van der Waals surface area contributed by atoms with Crippen LogP contribution in [0, 0.1) is 0 Å². The van der Waals surface area contributed by atoms with Crippen molar-refractivity contribution in [1.29, 1.82) is 0 Å². The fourth-order valence-corrected chi connectivity index (χ4v) is 4.83. The average Bonchev–Trinajstić information content (AvgIpc) is 2.88. The maximum absolute atomic E-state index is 12.5. The molecule has 5 heteroatoms. The predicted molar refractivity (Wildman–Crippen MR) is 154 cm³/mol. The number of amides is 1. The topological polar surface area (TPSA) is 41.6 Å². The molecule has 1 aromatic carbocycles. The fourth-order valence-electron chi connectivity index (χ4n) is 4.58. The van der Waals surface area contributed by atoms with Crippen LogP contribution in [-0.2, 0) is 11.2 Å². The highest BCUT2D eigenvalue weighted by molar-refractivity contribution is 6.33. The van der Waals surface area contributed by atoms with Gasteiger partial charge in [0, 0.05) is 25.8 Å². The number of carbonyl (C=O) groups is 1. The third-order valence-corrected chi connectivity index (χ3v) is 7.10. The first-order chi connectivity index (χ1) is 17.6. The van der Waals surface area contributed by atoms with Gasteiger partial charge in [0.05, 0.1) is 18.1 Å². The van der Waals surface area contributed by atoms with Crippen LogP contribution in [0.25, 0.3) is 0 Å². The Morgan fingerprint density at radius 1 is 0.944 bits per heavy atom. The number of carbonyl (C=O) groups excluding carboxylic acids is 1. The quantitative estimate of drug-likeness (QED) is 0.177. The first-order valence-corrected chi connectivity index (χ1v) is 14.8. The van der Waals surface area contributed by atoms with Crippen LogP contribution in [0.15, 0.2) is 42.1 Å². The molecule has 1 heterocycles. The first kappa shape index (κ1) is 30.3. The molecule has 1 aromatic rings. The Morgan fingerprint density at radius 3 is 2.28 bits per heavy atom. The van der Waals surface area contributed by atoms with Crippen molar-refractivity contribution in [2.24, 2.45) is 0 Å². The molecule has 0 unspecified atom stereocenters. The summed E-state index contributed by atoms with van der Waals surface area (Å²) in [6.45, 7) is 7.61. The van der Waals surface area contributed by atoms with E-state index < -0.39 is 0 Å². The number of hydrogen-bond acceptors (Lipinski definition) is 3. The zero-order chi connectivity index (χ0) is 25.8. The standard InChI is InChI=1S/C31H49ClN2O2/c1-3-5-6-7-8-9-10-11-12-13-14-15-23-36-29-20-16-19-28(31(29)32)24-30(35)33-25-27-18-17-22-34(26-27)21-4-2/h16-20,26H,3-15,21-25H2,1-2H3,(H,33,35). The van der Waals surface area contributed by atoms with Gasteiger partial charge in [-0.05, 0) is 30.0 Å². The van der Waals surface area contributed by atoms with Crippen LogP contribution >= 0.6 is 11.6 Å². The summed E-state index contributed by atoms with van der Waals surface area (Å²) in [4.78, 5) is 14.8. The second-order valence-electron chi connectivity index (χ2n) is 10.0. The molecule has 202 valence electrons. The van der Waals surface area contributed by atoms with E-state index in [0.717, 1.165) is 37.1 Å². The molecule has 0 spiro atoms. The van der Waals surface area contributed by atoms with E-state index in [1.165, 1.54) is 70.6 Å². The van der Waals surface area contributed by atoms with E-state index in [1.54, 1.807) is 0 Å². The van der Waals surface area contributed by atoms with Gasteiger partial charge in [0.15, 0.2) is 0 Å². The molecule has 2 rings (SSSR count). The van der Waals surface area contributed by atoms with Gasteiger partial charge < -0.3 is 15.0 Å². The molecular formula is C31H49ClN2O2. The Bertz CT molecular complexity index is 806. The lowest BCUT2D eigenvalue weighted by atomic mass is 10.1. The first-order valence-electron chi connectivity index (χ1n) is 14.4. The molecule has 0 saturated carbocycles. The number of nitrogens with zero attached hydrogens (tertiary/aromatic N) is 1. The summed E-state index contributed by atoms with van der Waals surface area (Å²) in [6, 6.07) is 5.71. The molecule has 4 nitrogen and oxygen atoms in total. The van der Waals surface area contributed by atoms with Crippen LogP contribution in [0.1, 0.15) is 103 Å². The number of nitrogens with one attached hydrogen (secondary N) is 1. The molecule has 0 saturated heterocycles. The third kappa shape index (κ3) is 12.9. The zero-order valence-electron chi connectivity index (χ0n) is 22.8. The molecule has 0 radical (unpaired) electrons. The Labute approximate surface area is 225 Å². The SMILES string of the molecule is CCCCCCCCCCCCCCOc1cccc(CC(=O)NCC2=CN(CCC)CC=C2)c1Cl. The van der Waals surface area contributed by atoms with Crippen molar-refractivity contribution in [1.82, 2.24) is 10.2 Å². The maximum Gasteiger partial charge on any atom is 0.224 e. The summed E-state index contributed by atoms with van der Waals surface area (Å²) in [6.07, 6.45) is 23.6. The minimum atomic E-state index is -0.0306. The van der Waals surface area contributed by atoms with E-state index in [4.69, 9.17) is 16.3 Å². The fraction of sp³-hybridized carbons (Fsp3) is 0.645. The van der Waals surface area contributed by atoms with Crippen LogP contribution in [0.4, 0.5) is 0 Å². The monoisotopic (exact) mass is 516 g/mol. The average molecular weight is 517 g/mol. The predicted octanol–water partition coefficient (Wildman–Crippen LogP) is 8.24. The molecule has 1 N–H and O–H groups in total. The largest absolute Gasteiger partial charge is 0.492 e. The van der Waals surface area contributed by atoms with Crippen molar-refractivity contribution < 1.29 is 9.53 Å². The van der Waals surface area contributed by atoms with Gasteiger partial charge in [-0.1, -0.05) is 120 Å². The van der Waals surface area contributed by atoms with E-state index >= 15 is 0 Å². The third-order valence-electron chi connectivity index (χ3n) is 6.67. The van der Waals surface area contributed by atoms with E-state index in [9.17, 15) is 4.79 Å². The lowest BCUT2D eigenvalue weighted by Crippen LogP contribution is -2.29. The number of benzene rings is 1. The number of ether oxygens (including phenoxy) is 1. The summed E-state index contributed by atoms with van der Waals surface area (Å²) >= 11 is 6.57. The van der Waals surface area contributed by atoms with Gasteiger partial charge in [0.25, 0.3) is 0 Å². The highest BCUT2D eigenvalue weighted by atomic mass is 35.5. The summed E-state index contributed by atoms with van der Waals surface area (Å²) in [5, 5.41) is 3.57. The van der Waals surface area contributed by atoms with Gasteiger partial charge in [-0.3, -0.25) is 4.79 Å². The van der Waals surface area contributed by atoms with Crippen molar-refractivity contribution in [2.45, 2.75) is 104 Å². The Kier molecular flexibility index (Phi) is 16.2. The summed E-state index contributed by atoms with van der Waals surface area (Å²) in [5.41, 5.74) is 1.93. The van der Waals surface area contributed by atoms with Crippen molar-refractivity contribution in [2.75, 3.05) is 26.2 Å². The number of rotatable bonds is 20. The highest BCUT2D eigenvalue weighted by Gasteiger charge is 2.12. The smallest absolute Gasteiger partial charge is 0.224 e. The van der Waals surface area contributed by atoms with Gasteiger partial charge in [-0.2, -0.15) is 0 Å². The number of halogens is 1. The van der Waals surface area contributed by atoms with E-state index in [2.05, 4.69) is 42.4 Å². The van der Waals surface area contributed by atoms with Crippen LogP contribution in [0.5, 0.6) is 5.75 Å². The van der Waals surface area contributed by atoms with Crippen LogP contribution < -0.4 is 10.1 Å². The second kappa shape index (κ2) is 19.2. The Balaban J connectivity index is 1.59. The molecule has 0 aliphatic carbocycles. The van der Waals surface area contributed by atoms with Crippen LogP contribution in [0.3, 0.4) is 0 Å².